The van der Waals surface area contributed by atoms with Gasteiger partial charge in [0.1, 0.15) is 23.8 Å². The van der Waals surface area contributed by atoms with Crippen molar-refractivity contribution in [3.05, 3.63) is 42.0 Å². The number of alkyl halides is 2. The minimum absolute atomic E-state index is 0.106. The summed E-state index contributed by atoms with van der Waals surface area (Å²) >= 11 is 0. The highest BCUT2D eigenvalue weighted by Gasteiger charge is 2.31. The predicted molar refractivity (Wildman–Crippen MR) is 131 cm³/mol. The molecule has 4 rings (SSSR count). The van der Waals surface area contributed by atoms with Gasteiger partial charge in [-0.1, -0.05) is 13.8 Å². The number of amides is 1. The SMILES string of the molecule is CC(=O)Nc1cc(Nc2cc(C(C)C)nc(C(C)(F)F)n2)c(-c2ccc3c(n2)OCC(C)(C)O3)cn1. The zero-order valence-corrected chi connectivity index (χ0v) is 20.9. The number of anilines is 3. The highest BCUT2D eigenvalue weighted by molar-refractivity contribution is 5.89. The summed E-state index contributed by atoms with van der Waals surface area (Å²) < 4.78 is 40.0. The van der Waals surface area contributed by atoms with Crippen molar-refractivity contribution >= 4 is 23.2 Å². The number of pyridine rings is 2. The summed E-state index contributed by atoms with van der Waals surface area (Å²) in [5, 5.41) is 5.72. The van der Waals surface area contributed by atoms with Crippen molar-refractivity contribution in [2.45, 2.75) is 59.0 Å². The van der Waals surface area contributed by atoms with Gasteiger partial charge in [-0.25, -0.2) is 19.9 Å². The molecule has 0 fully saturated rings. The van der Waals surface area contributed by atoms with Crippen LogP contribution in [0.1, 0.15) is 59.0 Å². The smallest absolute Gasteiger partial charge is 0.303 e. The first-order valence-electron chi connectivity index (χ1n) is 11.5. The molecule has 1 aliphatic rings. The fourth-order valence-electron chi connectivity index (χ4n) is 3.50. The highest BCUT2D eigenvalue weighted by atomic mass is 19.3. The molecule has 0 bridgehead atoms. The number of hydrogen-bond acceptors (Lipinski definition) is 8. The zero-order valence-electron chi connectivity index (χ0n) is 20.9. The molecule has 0 saturated carbocycles. The van der Waals surface area contributed by atoms with Crippen molar-refractivity contribution in [3.63, 3.8) is 0 Å². The Balaban J connectivity index is 1.79. The fourth-order valence-corrected chi connectivity index (χ4v) is 3.50. The molecule has 36 heavy (non-hydrogen) atoms. The van der Waals surface area contributed by atoms with E-state index in [1.165, 1.54) is 13.1 Å². The Hall–Kier alpha value is -3.89. The summed E-state index contributed by atoms with van der Waals surface area (Å²) in [5.41, 5.74) is 1.46. The van der Waals surface area contributed by atoms with E-state index in [1.807, 2.05) is 27.7 Å². The lowest BCUT2D eigenvalue weighted by molar-refractivity contribution is -0.114. The Morgan fingerprint density at radius 1 is 1.14 bits per heavy atom. The van der Waals surface area contributed by atoms with Crippen LogP contribution in [0.25, 0.3) is 11.3 Å². The van der Waals surface area contributed by atoms with E-state index in [2.05, 4.69) is 30.6 Å². The van der Waals surface area contributed by atoms with Crippen LogP contribution in [0.5, 0.6) is 11.6 Å². The molecule has 3 aromatic heterocycles. The summed E-state index contributed by atoms with van der Waals surface area (Å²) in [4.78, 5) is 28.6. The maximum absolute atomic E-state index is 14.1. The maximum Gasteiger partial charge on any atom is 0.303 e. The van der Waals surface area contributed by atoms with Gasteiger partial charge in [-0.05, 0) is 31.9 Å². The minimum Gasteiger partial charge on any atom is -0.479 e. The maximum atomic E-state index is 14.1. The second-order valence-electron chi connectivity index (χ2n) is 9.62. The molecular weight excluding hydrogens is 470 g/mol. The molecule has 190 valence electrons. The van der Waals surface area contributed by atoms with E-state index in [4.69, 9.17) is 9.47 Å². The number of halogens is 2. The molecule has 0 radical (unpaired) electrons. The van der Waals surface area contributed by atoms with E-state index >= 15 is 0 Å². The molecule has 0 spiro atoms. The summed E-state index contributed by atoms with van der Waals surface area (Å²) in [6, 6.07) is 6.69. The van der Waals surface area contributed by atoms with Crippen molar-refractivity contribution in [2.75, 3.05) is 17.2 Å². The van der Waals surface area contributed by atoms with Crippen LogP contribution in [-0.2, 0) is 10.7 Å². The number of hydrogen-bond donors (Lipinski definition) is 2. The lowest BCUT2D eigenvalue weighted by Gasteiger charge is -2.31. The quantitative estimate of drug-likeness (QED) is 0.463. The Kier molecular flexibility index (Phi) is 6.50. The number of ether oxygens (including phenoxy) is 2. The van der Waals surface area contributed by atoms with Gasteiger partial charge in [-0.2, -0.15) is 8.78 Å². The van der Waals surface area contributed by atoms with Crippen LogP contribution in [-0.4, -0.2) is 38.1 Å². The van der Waals surface area contributed by atoms with Crippen molar-refractivity contribution in [1.82, 2.24) is 19.9 Å². The molecule has 4 heterocycles. The average Bonchev–Trinajstić information content (AvgIpc) is 2.77. The first kappa shape index (κ1) is 25.2. The van der Waals surface area contributed by atoms with Crippen LogP contribution in [0.4, 0.5) is 26.1 Å². The molecule has 3 aromatic rings. The Morgan fingerprint density at radius 2 is 1.89 bits per heavy atom. The second-order valence-corrected chi connectivity index (χ2v) is 9.62. The van der Waals surface area contributed by atoms with Gasteiger partial charge in [-0.15, -0.1) is 0 Å². The van der Waals surface area contributed by atoms with Crippen molar-refractivity contribution in [3.8, 4) is 22.9 Å². The van der Waals surface area contributed by atoms with Gasteiger partial charge in [0.25, 0.3) is 5.88 Å². The van der Waals surface area contributed by atoms with E-state index in [1.54, 1.807) is 24.3 Å². The monoisotopic (exact) mass is 498 g/mol. The number of nitrogens with one attached hydrogen (secondary N) is 2. The molecule has 0 unspecified atom stereocenters. The van der Waals surface area contributed by atoms with E-state index in [-0.39, 0.29) is 23.5 Å². The summed E-state index contributed by atoms with van der Waals surface area (Å²) in [6.45, 7) is 9.99. The van der Waals surface area contributed by atoms with Crippen LogP contribution in [0.2, 0.25) is 0 Å². The fraction of sp³-hybridized carbons (Fsp3) is 0.400. The Labute approximate surface area is 207 Å². The van der Waals surface area contributed by atoms with Crippen LogP contribution in [0.3, 0.4) is 0 Å². The van der Waals surface area contributed by atoms with Crippen LogP contribution in [0, 0.1) is 0 Å². The predicted octanol–water partition coefficient (Wildman–Crippen LogP) is 5.42. The van der Waals surface area contributed by atoms with Crippen molar-refractivity contribution in [2.24, 2.45) is 0 Å². The third kappa shape index (κ3) is 5.67. The molecule has 1 amide bonds. The number of carbonyl (C=O) groups excluding carboxylic acids is 1. The third-order valence-corrected chi connectivity index (χ3v) is 5.24. The lowest BCUT2D eigenvalue weighted by Crippen LogP contribution is -2.39. The minimum atomic E-state index is -3.23. The first-order chi connectivity index (χ1) is 16.8. The number of carbonyl (C=O) groups is 1. The summed E-state index contributed by atoms with van der Waals surface area (Å²) in [5.74, 6) is -2.94. The summed E-state index contributed by atoms with van der Waals surface area (Å²) in [7, 11) is 0. The summed E-state index contributed by atoms with van der Waals surface area (Å²) in [6.07, 6.45) is 1.52. The zero-order chi connectivity index (χ0) is 26.3. The second kappa shape index (κ2) is 9.29. The first-order valence-corrected chi connectivity index (χ1v) is 11.5. The molecule has 0 atom stereocenters. The normalized spacial score (nSPS) is 14.5. The van der Waals surface area contributed by atoms with Gasteiger partial charge in [0.05, 0.1) is 11.4 Å². The van der Waals surface area contributed by atoms with Gasteiger partial charge in [0, 0.05) is 43.4 Å². The van der Waals surface area contributed by atoms with Crippen LogP contribution in [0.15, 0.2) is 30.5 Å². The topological polar surface area (TPSA) is 111 Å². The lowest BCUT2D eigenvalue weighted by atomic mass is 10.1. The number of nitrogens with zero attached hydrogens (tertiary/aromatic N) is 4. The Bertz CT molecular complexity index is 1310. The molecule has 9 nitrogen and oxygen atoms in total. The van der Waals surface area contributed by atoms with Gasteiger partial charge in [0.15, 0.2) is 5.75 Å². The van der Waals surface area contributed by atoms with Crippen LogP contribution < -0.4 is 20.1 Å². The van der Waals surface area contributed by atoms with Crippen LogP contribution >= 0.6 is 0 Å². The highest BCUT2D eigenvalue weighted by Crippen LogP contribution is 2.38. The Morgan fingerprint density at radius 3 is 2.56 bits per heavy atom. The molecule has 1 aliphatic heterocycles. The molecule has 11 heteroatoms. The van der Waals surface area contributed by atoms with E-state index in [0.29, 0.717) is 40.9 Å². The van der Waals surface area contributed by atoms with Crippen molar-refractivity contribution < 1.29 is 23.0 Å². The van der Waals surface area contributed by atoms with Gasteiger partial charge >= 0.3 is 5.92 Å². The largest absolute Gasteiger partial charge is 0.479 e. The average molecular weight is 499 g/mol. The van der Waals surface area contributed by atoms with E-state index < -0.39 is 17.3 Å². The number of fused-ring (bicyclic) bond motifs is 1. The van der Waals surface area contributed by atoms with E-state index in [0.717, 1.165) is 6.92 Å². The molecule has 0 aromatic carbocycles. The number of aromatic nitrogens is 4. The van der Waals surface area contributed by atoms with E-state index in [9.17, 15) is 13.6 Å². The van der Waals surface area contributed by atoms with Gasteiger partial charge in [-0.3, -0.25) is 4.79 Å². The molecule has 0 aliphatic carbocycles. The standard InChI is InChI=1S/C25H28F2N6O3/c1-13(2)17-9-21(33-23(32-17)25(6,26)27)30-18-10-20(29-14(3)34)28-11-15(18)16-7-8-19-22(31-16)35-12-24(4,5)36-19/h7-11,13H,12H2,1-6H3,(H2,28,29,30,32,33,34). The number of rotatable bonds is 6. The third-order valence-electron chi connectivity index (χ3n) is 5.24. The van der Waals surface area contributed by atoms with Gasteiger partial charge in [0.2, 0.25) is 11.7 Å². The molecular formula is C25H28F2N6O3. The van der Waals surface area contributed by atoms with Crippen molar-refractivity contribution in [1.29, 1.82) is 0 Å². The molecule has 2 N–H and O–H groups in total. The molecule has 0 saturated heterocycles. The van der Waals surface area contributed by atoms with Gasteiger partial charge < -0.3 is 20.1 Å².